The first kappa shape index (κ1) is 12.2. The summed E-state index contributed by atoms with van der Waals surface area (Å²) in [6.45, 7) is 3.49. The summed E-state index contributed by atoms with van der Waals surface area (Å²) in [5, 5.41) is 0. The summed E-state index contributed by atoms with van der Waals surface area (Å²) < 4.78 is 4.90. The van der Waals surface area contributed by atoms with Gasteiger partial charge in [-0.2, -0.15) is 0 Å². The highest BCUT2D eigenvalue weighted by Crippen LogP contribution is 2.19. The first-order chi connectivity index (χ1) is 7.56. The molecule has 86 valence electrons. The van der Waals surface area contributed by atoms with E-state index in [1.807, 2.05) is 0 Å². The van der Waals surface area contributed by atoms with Crippen molar-refractivity contribution in [2.75, 3.05) is 12.3 Å². The number of esters is 1. The molecule has 0 aromatic heterocycles. The lowest BCUT2D eigenvalue weighted by Gasteiger charge is -2.09. The number of benzene rings is 1. The van der Waals surface area contributed by atoms with Crippen LogP contribution in [0.2, 0.25) is 0 Å². The Morgan fingerprint density at radius 1 is 1.38 bits per heavy atom. The van der Waals surface area contributed by atoms with Crippen LogP contribution in [0.15, 0.2) is 18.2 Å². The smallest absolute Gasteiger partial charge is 0.338 e. The molecule has 0 bridgehead atoms. The number of carbonyl (C=O) groups is 2. The summed E-state index contributed by atoms with van der Waals surface area (Å²) in [5.41, 5.74) is 7.11. The van der Waals surface area contributed by atoms with Crippen molar-refractivity contribution < 1.29 is 14.3 Å². The van der Waals surface area contributed by atoms with Crippen LogP contribution in [0.4, 0.5) is 5.69 Å². The minimum absolute atomic E-state index is 0.0385. The highest BCUT2D eigenvalue weighted by molar-refractivity contribution is 5.95. The maximum Gasteiger partial charge on any atom is 0.338 e. The van der Waals surface area contributed by atoms with Crippen molar-refractivity contribution in [3.63, 3.8) is 0 Å². The van der Waals surface area contributed by atoms with E-state index in [2.05, 4.69) is 0 Å². The molecule has 0 aliphatic rings. The minimum Gasteiger partial charge on any atom is -0.462 e. The van der Waals surface area contributed by atoms with Crippen molar-refractivity contribution in [1.29, 1.82) is 0 Å². The molecule has 0 aliphatic heterocycles. The first-order valence-corrected chi connectivity index (χ1v) is 5.10. The predicted molar refractivity (Wildman–Crippen MR) is 61.2 cm³/mol. The lowest BCUT2D eigenvalue weighted by atomic mass is 10.0. The van der Waals surface area contributed by atoms with Gasteiger partial charge in [0.25, 0.3) is 0 Å². The summed E-state index contributed by atoms with van der Waals surface area (Å²) in [7, 11) is 0. The molecule has 16 heavy (non-hydrogen) atoms. The van der Waals surface area contributed by atoms with Crippen LogP contribution in [-0.2, 0) is 16.0 Å². The van der Waals surface area contributed by atoms with Crippen molar-refractivity contribution in [2.45, 2.75) is 20.3 Å². The van der Waals surface area contributed by atoms with E-state index >= 15 is 0 Å². The maximum absolute atomic E-state index is 11.6. The van der Waals surface area contributed by atoms with Crippen LogP contribution in [0.1, 0.15) is 29.8 Å². The maximum atomic E-state index is 11.6. The van der Waals surface area contributed by atoms with E-state index in [0.29, 0.717) is 23.4 Å². The molecule has 0 saturated carbocycles. The van der Waals surface area contributed by atoms with Crippen molar-refractivity contribution in [1.82, 2.24) is 0 Å². The number of nitrogens with two attached hydrogens (primary N) is 1. The summed E-state index contributed by atoms with van der Waals surface area (Å²) in [6, 6.07) is 4.96. The first-order valence-electron chi connectivity index (χ1n) is 5.10. The number of hydrogen-bond donors (Lipinski definition) is 1. The molecule has 4 nitrogen and oxygen atoms in total. The Kier molecular flexibility index (Phi) is 4.05. The molecule has 0 amide bonds. The molecule has 0 fully saturated rings. The van der Waals surface area contributed by atoms with Gasteiger partial charge in [-0.1, -0.05) is 6.07 Å². The summed E-state index contributed by atoms with van der Waals surface area (Å²) in [4.78, 5) is 22.7. The lowest BCUT2D eigenvalue weighted by Crippen LogP contribution is -2.12. The van der Waals surface area contributed by atoms with Crippen LogP contribution in [-0.4, -0.2) is 18.4 Å². The number of anilines is 1. The van der Waals surface area contributed by atoms with E-state index < -0.39 is 5.97 Å². The fraction of sp³-hybridized carbons (Fsp3) is 0.333. The molecule has 0 atom stereocenters. The Labute approximate surface area is 94.4 Å². The zero-order chi connectivity index (χ0) is 12.1. The molecule has 1 aromatic carbocycles. The van der Waals surface area contributed by atoms with Gasteiger partial charge in [0.05, 0.1) is 12.2 Å². The Hall–Kier alpha value is -1.84. The molecule has 0 spiro atoms. The number of carbonyl (C=O) groups excluding carboxylic acids is 2. The van der Waals surface area contributed by atoms with Crippen LogP contribution < -0.4 is 5.73 Å². The largest absolute Gasteiger partial charge is 0.462 e. The SMILES string of the molecule is CCOC(=O)c1cccc(N)c1CC(C)=O. The number of Topliss-reactive ketones (excluding diaryl/α,β-unsaturated/α-hetero) is 1. The van der Waals surface area contributed by atoms with Gasteiger partial charge in [0.1, 0.15) is 5.78 Å². The van der Waals surface area contributed by atoms with Gasteiger partial charge in [-0.15, -0.1) is 0 Å². The molecule has 2 N–H and O–H groups in total. The number of ether oxygens (including phenoxy) is 1. The summed E-state index contributed by atoms with van der Waals surface area (Å²) in [6.07, 6.45) is 0.154. The molecule has 4 heteroatoms. The molecule has 0 saturated heterocycles. The van der Waals surface area contributed by atoms with Crippen molar-refractivity contribution in [3.8, 4) is 0 Å². The van der Waals surface area contributed by atoms with E-state index in [0.717, 1.165) is 0 Å². The monoisotopic (exact) mass is 221 g/mol. The fourth-order valence-electron chi connectivity index (χ4n) is 1.45. The van der Waals surface area contributed by atoms with Crippen LogP contribution >= 0.6 is 0 Å². The summed E-state index contributed by atoms with van der Waals surface area (Å²) in [5.74, 6) is -0.477. The van der Waals surface area contributed by atoms with Crippen molar-refractivity contribution in [3.05, 3.63) is 29.3 Å². The average molecular weight is 221 g/mol. The van der Waals surface area contributed by atoms with Crippen LogP contribution in [0, 0.1) is 0 Å². The Balaban J connectivity index is 3.11. The van der Waals surface area contributed by atoms with Crippen LogP contribution in [0.5, 0.6) is 0 Å². The van der Waals surface area contributed by atoms with Gasteiger partial charge in [-0.25, -0.2) is 4.79 Å². The normalized spacial score (nSPS) is 9.88. The fourth-order valence-corrected chi connectivity index (χ4v) is 1.45. The van der Waals surface area contributed by atoms with Gasteiger partial charge in [-0.3, -0.25) is 4.79 Å². The van der Waals surface area contributed by atoms with Gasteiger partial charge < -0.3 is 10.5 Å². The Morgan fingerprint density at radius 2 is 2.06 bits per heavy atom. The second kappa shape index (κ2) is 5.30. The van der Waals surface area contributed by atoms with E-state index in [-0.39, 0.29) is 12.2 Å². The minimum atomic E-state index is -0.439. The number of hydrogen-bond acceptors (Lipinski definition) is 4. The van der Waals surface area contributed by atoms with E-state index in [1.54, 1.807) is 25.1 Å². The quantitative estimate of drug-likeness (QED) is 0.619. The van der Waals surface area contributed by atoms with Gasteiger partial charge in [0, 0.05) is 12.1 Å². The number of nitrogen functional groups attached to an aromatic ring is 1. The van der Waals surface area contributed by atoms with Crippen LogP contribution in [0.25, 0.3) is 0 Å². The summed E-state index contributed by atoms with van der Waals surface area (Å²) >= 11 is 0. The average Bonchev–Trinajstić information content (AvgIpc) is 2.20. The third-order valence-corrected chi connectivity index (χ3v) is 2.13. The van der Waals surface area contributed by atoms with Gasteiger partial charge in [0.2, 0.25) is 0 Å². The topological polar surface area (TPSA) is 69.4 Å². The van der Waals surface area contributed by atoms with E-state index in [9.17, 15) is 9.59 Å². The van der Waals surface area contributed by atoms with Crippen LogP contribution in [0.3, 0.4) is 0 Å². The zero-order valence-electron chi connectivity index (χ0n) is 9.45. The Morgan fingerprint density at radius 3 is 2.62 bits per heavy atom. The second-order valence-electron chi connectivity index (χ2n) is 3.47. The van der Waals surface area contributed by atoms with Gasteiger partial charge in [-0.05, 0) is 31.5 Å². The molecule has 0 heterocycles. The zero-order valence-corrected chi connectivity index (χ0v) is 9.45. The van der Waals surface area contributed by atoms with E-state index in [1.165, 1.54) is 6.92 Å². The molecule has 0 unspecified atom stereocenters. The van der Waals surface area contributed by atoms with Crippen molar-refractivity contribution in [2.24, 2.45) is 0 Å². The highest BCUT2D eigenvalue weighted by atomic mass is 16.5. The second-order valence-corrected chi connectivity index (χ2v) is 3.47. The third-order valence-electron chi connectivity index (χ3n) is 2.13. The van der Waals surface area contributed by atoms with Crippen molar-refractivity contribution >= 4 is 17.4 Å². The van der Waals surface area contributed by atoms with Gasteiger partial charge in [0.15, 0.2) is 0 Å². The highest BCUT2D eigenvalue weighted by Gasteiger charge is 2.15. The molecule has 0 radical (unpaired) electrons. The molecule has 0 aliphatic carbocycles. The third kappa shape index (κ3) is 2.82. The number of ketones is 1. The lowest BCUT2D eigenvalue weighted by molar-refractivity contribution is -0.116. The molecule has 1 aromatic rings. The van der Waals surface area contributed by atoms with Gasteiger partial charge >= 0.3 is 5.97 Å². The molecule has 1 rings (SSSR count). The number of rotatable bonds is 4. The molecular weight excluding hydrogens is 206 g/mol. The molecular formula is C12H15NO3. The standard InChI is InChI=1S/C12H15NO3/c1-3-16-12(15)9-5-4-6-11(13)10(9)7-8(2)14/h4-6H,3,7,13H2,1-2H3. The van der Waals surface area contributed by atoms with E-state index in [4.69, 9.17) is 10.5 Å². The predicted octanol–water partition coefficient (Wildman–Crippen LogP) is 1.58. The Bertz CT molecular complexity index is 413.